The average molecular weight is 458 g/mol. The van der Waals surface area contributed by atoms with Crippen molar-refractivity contribution in [3.8, 4) is 0 Å². The first kappa shape index (κ1) is 22.9. The number of ketones is 1. The summed E-state index contributed by atoms with van der Waals surface area (Å²) < 4.78 is 19.3. The second kappa shape index (κ2) is 10.1. The van der Waals surface area contributed by atoms with Gasteiger partial charge in [-0.15, -0.1) is 0 Å². The number of nitrogens with one attached hydrogen (secondary N) is 2. The molecule has 0 spiro atoms. The van der Waals surface area contributed by atoms with Crippen molar-refractivity contribution in [2.24, 2.45) is 0 Å². The van der Waals surface area contributed by atoms with E-state index in [4.69, 9.17) is 4.74 Å². The lowest BCUT2D eigenvalue weighted by atomic mass is 9.98. The molecule has 1 aromatic heterocycles. The first-order chi connectivity index (χ1) is 16.5. The Labute approximate surface area is 195 Å². The average Bonchev–Trinajstić information content (AvgIpc) is 3.30. The summed E-state index contributed by atoms with van der Waals surface area (Å²) in [4.78, 5) is 41.5. The number of carbonyl (C=O) groups is 3. The number of aromatic nitrogens is 1. The van der Waals surface area contributed by atoms with Crippen LogP contribution < -0.4 is 5.32 Å². The zero-order valence-electron chi connectivity index (χ0n) is 18.5. The molecular formula is C27H23FN2O4. The SMILES string of the molecule is CCc1cccc2c(C(=O)[C@@H](OC(=O)CNC(=O)c3ccccc3F)c3ccccc3)c[nH]c12. The van der Waals surface area contributed by atoms with Crippen LogP contribution in [0.4, 0.5) is 4.39 Å². The van der Waals surface area contributed by atoms with Gasteiger partial charge < -0.3 is 15.0 Å². The number of H-pyrrole nitrogens is 1. The number of carbonyl (C=O) groups excluding carboxylic acids is 3. The van der Waals surface area contributed by atoms with Gasteiger partial charge >= 0.3 is 5.97 Å². The van der Waals surface area contributed by atoms with Crippen LogP contribution in [0.15, 0.2) is 79.0 Å². The molecule has 1 atom stereocenters. The first-order valence-corrected chi connectivity index (χ1v) is 10.9. The second-order valence-electron chi connectivity index (χ2n) is 7.70. The summed E-state index contributed by atoms with van der Waals surface area (Å²) in [6.45, 7) is 1.51. The fourth-order valence-electron chi connectivity index (χ4n) is 3.82. The van der Waals surface area contributed by atoms with E-state index in [0.717, 1.165) is 29.0 Å². The van der Waals surface area contributed by atoms with Crippen molar-refractivity contribution in [2.75, 3.05) is 6.54 Å². The van der Waals surface area contributed by atoms with Crippen molar-refractivity contribution < 1.29 is 23.5 Å². The minimum absolute atomic E-state index is 0.184. The number of para-hydroxylation sites is 1. The zero-order valence-corrected chi connectivity index (χ0v) is 18.5. The van der Waals surface area contributed by atoms with Gasteiger partial charge in [0, 0.05) is 28.2 Å². The lowest BCUT2D eigenvalue weighted by molar-refractivity contribution is -0.146. The lowest BCUT2D eigenvalue weighted by Gasteiger charge is -2.17. The van der Waals surface area contributed by atoms with E-state index in [0.29, 0.717) is 11.1 Å². The van der Waals surface area contributed by atoms with Gasteiger partial charge in [-0.3, -0.25) is 14.4 Å². The topological polar surface area (TPSA) is 88.3 Å². The number of aromatic amines is 1. The van der Waals surface area contributed by atoms with Crippen molar-refractivity contribution >= 4 is 28.6 Å². The molecule has 34 heavy (non-hydrogen) atoms. The number of halogens is 1. The van der Waals surface area contributed by atoms with E-state index in [1.54, 1.807) is 36.5 Å². The molecule has 3 aromatic carbocycles. The maximum Gasteiger partial charge on any atom is 0.326 e. The summed E-state index contributed by atoms with van der Waals surface area (Å²) in [5.41, 5.74) is 2.66. The summed E-state index contributed by atoms with van der Waals surface area (Å²) in [5, 5.41) is 3.09. The second-order valence-corrected chi connectivity index (χ2v) is 7.70. The van der Waals surface area contributed by atoms with Gasteiger partial charge in [0.2, 0.25) is 5.78 Å². The number of fused-ring (bicyclic) bond motifs is 1. The van der Waals surface area contributed by atoms with E-state index in [-0.39, 0.29) is 11.3 Å². The van der Waals surface area contributed by atoms with Gasteiger partial charge in [0.25, 0.3) is 5.91 Å². The van der Waals surface area contributed by atoms with Crippen molar-refractivity contribution in [1.29, 1.82) is 0 Å². The Morgan fingerprint density at radius 3 is 2.41 bits per heavy atom. The molecule has 0 radical (unpaired) electrons. The third-order valence-corrected chi connectivity index (χ3v) is 5.55. The normalized spacial score (nSPS) is 11.7. The fourth-order valence-corrected chi connectivity index (χ4v) is 3.82. The largest absolute Gasteiger partial charge is 0.448 e. The number of hydrogen-bond acceptors (Lipinski definition) is 4. The summed E-state index contributed by atoms with van der Waals surface area (Å²) >= 11 is 0. The van der Waals surface area contributed by atoms with Crippen LogP contribution >= 0.6 is 0 Å². The summed E-state index contributed by atoms with van der Waals surface area (Å²) in [5.74, 6) is -2.65. The number of benzene rings is 3. The molecule has 6 nitrogen and oxygen atoms in total. The van der Waals surface area contributed by atoms with Crippen LogP contribution in [-0.4, -0.2) is 29.2 Å². The van der Waals surface area contributed by atoms with Crippen LogP contribution in [0.3, 0.4) is 0 Å². The van der Waals surface area contributed by atoms with E-state index in [2.05, 4.69) is 10.3 Å². The minimum atomic E-state index is -1.21. The highest BCUT2D eigenvalue weighted by atomic mass is 19.1. The van der Waals surface area contributed by atoms with Crippen molar-refractivity contribution in [3.05, 3.63) is 107 Å². The molecule has 0 saturated carbocycles. The zero-order chi connectivity index (χ0) is 24.1. The van der Waals surface area contributed by atoms with Crippen LogP contribution in [0, 0.1) is 5.82 Å². The molecule has 1 amide bonds. The Kier molecular flexibility index (Phi) is 6.82. The highest BCUT2D eigenvalue weighted by Crippen LogP contribution is 2.29. The molecule has 0 bridgehead atoms. The number of rotatable bonds is 8. The molecule has 0 unspecified atom stereocenters. The molecule has 172 valence electrons. The molecule has 4 rings (SSSR count). The molecule has 0 fully saturated rings. The number of hydrogen-bond donors (Lipinski definition) is 2. The summed E-state index contributed by atoms with van der Waals surface area (Å²) in [7, 11) is 0. The third-order valence-electron chi connectivity index (χ3n) is 5.55. The van der Waals surface area contributed by atoms with E-state index in [9.17, 15) is 18.8 Å². The molecule has 7 heteroatoms. The third kappa shape index (κ3) is 4.73. The molecule has 0 aliphatic carbocycles. The first-order valence-electron chi connectivity index (χ1n) is 10.9. The van der Waals surface area contributed by atoms with Crippen LogP contribution in [0.2, 0.25) is 0 Å². The van der Waals surface area contributed by atoms with Gasteiger partial charge in [-0.05, 0) is 24.1 Å². The number of amides is 1. The van der Waals surface area contributed by atoms with Gasteiger partial charge in [0.15, 0.2) is 6.10 Å². The molecule has 0 saturated heterocycles. The van der Waals surface area contributed by atoms with E-state index < -0.39 is 30.3 Å². The van der Waals surface area contributed by atoms with Crippen LogP contribution in [-0.2, 0) is 16.0 Å². The van der Waals surface area contributed by atoms with Gasteiger partial charge in [-0.1, -0.05) is 67.6 Å². The molecule has 0 aliphatic heterocycles. The number of aryl methyl sites for hydroxylation is 1. The standard InChI is InChI=1S/C27H23FN2O4/c1-2-17-11-8-13-19-21(15-29-24(17)19)25(32)26(18-9-4-3-5-10-18)34-23(31)16-30-27(33)20-12-6-7-14-22(20)28/h3-15,26,29H,2,16H2,1H3,(H,30,33)/t26-/m0/s1. The Morgan fingerprint density at radius 2 is 1.68 bits per heavy atom. The van der Waals surface area contributed by atoms with E-state index >= 15 is 0 Å². The number of Topliss-reactive ketones (excluding diaryl/α,β-unsaturated/α-hetero) is 1. The Balaban J connectivity index is 1.55. The summed E-state index contributed by atoms with van der Waals surface area (Å²) in [6, 6.07) is 19.8. The lowest BCUT2D eigenvalue weighted by Crippen LogP contribution is -2.33. The molecule has 1 heterocycles. The monoisotopic (exact) mass is 458 g/mol. The molecule has 0 aliphatic rings. The van der Waals surface area contributed by atoms with Gasteiger partial charge in [0.05, 0.1) is 5.56 Å². The van der Waals surface area contributed by atoms with Gasteiger partial charge in [-0.25, -0.2) is 4.39 Å². The maximum atomic E-state index is 13.8. The van der Waals surface area contributed by atoms with E-state index in [1.165, 1.54) is 18.2 Å². The van der Waals surface area contributed by atoms with Crippen LogP contribution in [0.1, 0.15) is 44.9 Å². The quantitative estimate of drug-likeness (QED) is 0.294. The maximum absolute atomic E-state index is 13.8. The van der Waals surface area contributed by atoms with Crippen molar-refractivity contribution in [2.45, 2.75) is 19.4 Å². The van der Waals surface area contributed by atoms with Crippen molar-refractivity contribution in [1.82, 2.24) is 10.3 Å². The molecular weight excluding hydrogens is 435 g/mol. The van der Waals surface area contributed by atoms with Crippen molar-refractivity contribution in [3.63, 3.8) is 0 Å². The highest BCUT2D eigenvalue weighted by molar-refractivity contribution is 6.11. The summed E-state index contributed by atoms with van der Waals surface area (Å²) in [6.07, 6.45) is 1.21. The van der Waals surface area contributed by atoms with Gasteiger partial charge in [-0.2, -0.15) is 0 Å². The Bertz CT molecular complexity index is 1350. The van der Waals surface area contributed by atoms with Gasteiger partial charge in [0.1, 0.15) is 12.4 Å². The molecule has 4 aromatic rings. The Morgan fingerprint density at radius 1 is 0.941 bits per heavy atom. The molecule has 2 N–H and O–H groups in total. The number of ether oxygens (including phenoxy) is 1. The smallest absolute Gasteiger partial charge is 0.326 e. The fraction of sp³-hybridized carbons (Fsp3) is 0.148. The van der Waals surface area contributed by atoms with E-state index in [1.807, 2.05) is 25.1 Å². The minimum Gasteiger partial charge on any atom is -0.448 e. The Hall–Kier alpha value is -4.26. The number of esters is 1. The highest BCUT2D eigenvalue weighted by Gasteiger charge is 2.28. The van der Waals surface area contributed by atoms with Crippen LogP contribution in [0.5, 0.6) is 0 Å². The predicted molar refractivity (Wildman–Crippen MR) is 126 cm³/mol. The predicted octanol–water partition coefficient (Wildman–Crippen LogP) is 4.77. The van der Waals surface area contributed by atoms with Crippen LogP contribution in [0.25, 0.3) is 10.9 Å².